The standard InChI is InChI=1S/C23H26N4O2S/c1-26(2)23(28)21(17-8-4-3-5-9-17)30-22-18-10-6-7-11-19(18)24-20(25-22)16-27-12-14-29-15-13-27/h3-11,21H,12-16H2,1-2H3/t21-/m1/s1. The Morgan fingerprint density at radius 3 is 2.50 bits per heavy atom. The summed E-state index contributed by atoms with van der Waals surface area (Å²) in [5.74, 6) is 0.825. The minimum atomic E-state index is -0.365. The van der Waals surface area contributed by atoms with Gasteiger partial charge in [0.05, 0.1) is 25.3 Å². The highest BCUT2D eigenvalue weighted by Gasteiger charge is 2.25. The van der Waals surface area contributed by atoms with Gasteiger partial charge in [0.15, 0.2) is 0 Å². The van der Waals surface area contributed by atoms with Gasteiger partial charge < -0.3 is 9.64 Å². The van der Waals surface area contributed by atoms with Crippen molar-refractivity contribution in [1.82, 2.24) is 19.8 Å². The number of fused-ring (bicyclic) bond motifs is 1. The SMILES string of the molecule is CN(C)C(=O)[C@H](Sc1nc(CN2CCOCC2)nc2ccccc12)c1ccccc1. The molecule has 7 heteroatoms. The van der Waals surface area contributed by atoms with Gasteiger partial charge in [-0.1, -0.05) is 60.3 Å². The van der Waals surface area contributed by atoms with Crippen LogP contribution in [-0.4, -0.2) is 66.1 Å². The van der Waals surface area contributed by atoms with Crippen LogP contribution in [-0.2, 0) is 16.1 Å². The molecule has 4 rings (SSSR count). The molecule has 0 saturated carbocycles. The number of amides is 1. The quantitative estimate of drug-likeness (QED) is 0.448. The van der Waals surface area contributed by atoms with E-state index in [0.29, 0.717) is 6.54 Å². The van der Waals surface area contributed by atoms with Gasteiger partial charge >= 0.3 is 0 Å². The van der Waals surface area contributed by atoms with E-state index in [-0.39, 0.29) is 11.2 Å². The lowest BCUT2D eigenvalue weighted by Gasteiger charge is -2.26. The molecule has 0 spiro atoms. The first kappa shape index (κ1) is 20.8. The van der Waals surface area contributed by atoms with Crippen molar-refractivity contribution in [2.75, 3.05) is 40.4 Å². The van der Waals surface area contributed by atoms with Crippen molar-refractivity contribution in [2.24, 2.45) is 0 Å². The molecule has 1 amide bonds. The van der Waals surface area contributed by atoms with Gasteiger partial charge in [0.25, 0.3) is 0 Å². The monoisotopic (exact) mass is 422 g/mol. The molecule has 0 N–H and O–H groups in total. The van der Waals surface area contributed by atoms with E-state index in [0.717, 1.165) is 53.6 Å². The van der Waals surface area contributed by atoms with E-state index >= 15 is 0 Å². The highest BCUT2D eigenvalue weighted by Crippen LogP contribution is 2.38. The third-order valence-corrected chi connectivity index (χ3v) is 6.32. The first-order chi connectivity index (χ1) is 14.6. The number of nitrogens with zero attached hydrogens (tertiary/aromatic N) is 4. The van der Waals surface area contributed by atoms with Crippen molar-refractivity contribution in [1.29, 1.82) is 0 Å². The second-order valence-electron chi connectivity index (χ2n) is 7.49. The molecule has 3 aromatic rings. The molecule has 1 aromatic heterocycles. The molecular formula is C23H26N4O2S. The number of rotatable bonds is 6. The van der Waals surface area contributed by atoms with Gasteiger partial charge in [-0.25, -0.2) is 9.97 Å². The predicted molar refractivity (Wildman–Crippen MR) is 119 cm³/mol. The van der Waals surface area contributed by atoms with E-state index in [1.165, 1.54) is 11.8 Å². The minimum Gasteiger partial charge on any atom is -0.379 e. The topological polar surface area (TPSA) is 58.6 Å². The summed E-state index contributed by atoms with van der Waals surface area (Å²) in [6.45, 7) is 3.92. The van der Waals surface area contributed by atoms with Crippen LogP contribution >= 0.6 is 11.8 Å². The molecule has 6 nitrogen and oxygen atoms in total. The van der Waals surface area contributed by atoms with Crippen LogP contribution in [0.5, 0.6) is 0 Å². The van der Waals surface area contributed by atoms with Crippen molar-refractivity contribution in [3.63, 3.8) is 0 Å². The highest BCUT2D eigenvalue weighted by molar-refractivity contribution is 8.00. The Kier molecular flexibility index (Phi) is 6.62. The number of benzene rings is 2. The second kappa shape index (κ2) is 9.55. The summed E-state index contributed by atoms with van der Waals surface area (Å²) in [5.41, 5.74) is 1.88. The van der Waals surface area contributed by atoms with Crippen molar-refractivity contribution < 1.29 is 9.53 Å². The molecule has 0 aliphatic carbocycles. The molecule has 156 valence electrons. The maximum absolute atomic E-state index is 13.0. The number of morpholine rings is 1. The Balaban J connectivity index is 1.71. The number of thioether (sulfide) groups is 1. The molecule has 0 bridgehead atoms. The molecule has 1 atom stereocenters. The number of ether oxygens (including phenoxy) is 1. The molecule has 30 heavy (non-hydrogen) atoms. The molecule has 2 heterocycles. The third-order valence-electron chi connectivity index (χ3n) is 5.08. The Labute approximate surface area is 181 Å². The lowest BCUT2D eigenvalue weighted by molar-refractivity contribution is -0.128. The predicted octanol–water partition coefficient (Wildman–Crippen LogP) is 3.38. The van der Waals surface area contributed by atoms with Crippen LogP contribution in [0.25, 0.3) is 10.9 Å². The third kappa shape index (κ3) is 4.80. The van der Waals surface area contributed by atoms with E-state index in [1.807, 2.05) is 54.6 Å². The summed E-state index contributed by atoms with van der Waals surface area (Å²) < 4.78 is 5.45. The number of aromatic nitrogens is 2. The Morgan fingerprint density at radius 2 is 1.77 bits per heavy atom. The van der Waals surface area contributed by atoms with E-state index in [4.69, 9.17) is 14.7 Å². The average Bonchev–Trinajstić information content (AvgIpc) is 2.78. The molecule has 1 saturated heterocycles. The Morgan fingerprint density at radius 1 is 1.07 bits per heavy atom. The average molecular weight is 423 g/mol. The van der Waals surface area contributed by atoms with Crippen LogP contribution in [0, 0.1) is 0 Å². The molecular weight excluding hydrogens is 396 g/mol. The molecule has 0 unspecified atom stereocenters. The molecule has 1 aliphatic heterocycles. The fourth-order valence-electron chi connectivity index (χ4n) is 3.45. The largest absolute Gasteiger partial charge is 0.379 e. The van der Waals surface area contributed by atoms with Gasteiger partial charge in [0.2, 0.25) is 5.91 Å². The zero-order valence-electron chi connectivity index (χ0n) is 17.3. The summed E-state index contributed by atoms with van der Waals surface area (Å²) in [6, 6.07) is 17.9. The van der Waals surface area contributed by atoms with Crippen LogP contribution in [0.1, 0.15) is 16.6 Å². The van der Waals surface area contributed by atoms with Gasteiger partial charge in [-0.15, -0.1) is 0 Å². The molecule has 2 aromatic carbocycles. The number of carbonyl (C=O) groups is 1. The zero-order chi connectivity index (χ0) is 20.9. The van der Waals surface area contributed by atoms with Crippen molar-refractivity contribution in [3.8, 4) is 0 Å². The molecule has 1 aliphatic rings. The summed E-state index contributed by atoms with van der Waals surface area (Å²) in [4.78, 5) is 26.7. The number of para-hydroxylation sites is 1. The van der Waals surface area contributed by atoms with Gasteiger partial charge in [0, 0.05) is 32.6 Å². The minimum absolute atomic E-state index is 0.0450. The number of likely N-dealkylation sites (N-methyl/N-ethyl adjacent to an activating group) is 1. The highest BCUT2D eigenvalue weighted by atomic mass is 32.2. The fraction of sp³-hybridized carbons (Fsp3) is 0.348. The maximum Gasteiger partial charge on any atom is 0.240 e. The first-order valence-corrected chi connectivity index (χ1v) is 11.0. The van der Waals surface area contributed by atoms with E-state index in [2.05, 4.69) is 4.90 Å². The van der Waals surface area contributed by atoms with Crippen LogP contribution in [0.3, 0.4) is 0 Å². The normalized spacial score (nSPS) is 15.8. The van der Waals surface area contributed by atoms with Gasteiger partial charge in [-0.05, 0) is 11.6 Å². The second-order valence-corrected chi connectivity index (χ2v) is 8.59. The summed E-state index contributed by atoms with van der Waals surface area (Å²) in [6.07, 6.45) is 0. The van der Waals surface area contributed by atoms with Crippen molar-refractivity contribution >= 4 is 28.6 Å². The number of carbonyl (C=O) groups excluding carboxylic acids is 1. The van der Waals surface area contributed by atoms with Gasteiger partial charge in [-0.2, -0.15) is 0 Å². The van der Waals surface area contributed by atoms with E-state index in [1.54, 1.807) is 19.0 Å². The van der Waals surface area contributed by atoms with Crippen LogP contribution in [0.4, 0.5) is 0 Å². The Hall–Kier alpha value is -2.48. The van der Waals surface area contributed by atoms with Gasteiger partial charge in [0.1, 0.15) is 16.1 Å². The summed E-state index contributed by atoms with van der Waals surface area (Å²) >= 11 is 1.50. The lowest BCUT2D eigenvalue weighted by atomic mass is 10.1. The maximum atomic E-state index is 13.0. The zero-order valence-corrected chi connectivity index (χ0v) is 18.1. The number of hydrogen-bond acceptors (Lipinski definition) is 6. The van der Waals surface area contributed by atoms with E-state index < -0.39 is 0 Å². The van der Waals surface area contributed by atoms with Gasteiger partial charge in [-0.3, -0.25) is 9.69 Å². The molecule has 0 radical (unpaired) electrons. The van der Waals surface area contributed by atoms with E-state index in [9.17, 15) is 4.79 Å². The molecule has 1 fully saturated rings. The summed E-state index contributed by atoms with van der Waals surface area (Å²) in [7, 11) is 3.58. The van der Waals surface area contributed by atoms with Crippen molar-refractivity contribution in [2.45, 2.75) is 16.8 Å². The van der Waals surface area contributed by atoms with Crippen LogP contribution in [0.15, 0.2) is 59.6 Å². The van der Waals surface area contributed by atoms with Crippen LogP contribution < -0.4 is 0 Å². The lowest BCUT2D eigenvalue weighted by Crippen LogP contribution is -2.36. The summed E-state index contributed by atoms with van der Waals surface area (Å²) in [5, 5.41) is 1.45. The van der Waals surface area contributed by atoms with Crippen molar-refractivity contribution in [3.05, 3.63) is 66.0 Å². The van der Waals surface area contributed by atoms with Crippen LogP contribution in [0.2, 0.25) is 0 Å². The number of hydrogen-bond donors (Lipinski definition) is 0. The first-order valence-electron chi connectivity index (χ1n) is 10.1. The smallest absolute Gasteiger partial charge is 0.240 e. The fourth-order valence-corrected chi connectivity index (χ4v) is 4.73. The Bertz CT molecular complexity index is 1010.